The summed E-state index contributed by atoms with van der Waals surface area (Å²) in [5, 5.41) is 0.474. The molecule has 0 amide bonds. The molecule has 2 aromatic carbocycles. The number of benzene rings is 2. The number of alkyl halides is 3. The lowest BCUT2D eigenvalue weighted by molar-refractivity contribution is -0.137. The Labute approximate surface area is 159 Å². The van der Waals surface area contributed by atoms with E-state index in [0.717, 1.165) is 22.5 Å². The number of hydrogen-bond donors (Lipinski definition) is 0. The molecule has 0 radical (unpaired) electrons. The quantitative estimate of drug-likeness (QED) is 0.731. The summed E-state index contributed by atoms with van der Waals surface area (Å²) in [5.74, 6) is -0.318. The zero-order valence-corrected chi connectivity index (χ0v) is 15.7. The summed E-state index contributed by atoms with van der Waals surface area (Å²) in [6.45, 7) is 1.20. The maximum atomic E-state index is 13.1. The van der Waals surface area contributed by atoms with Crippen molar-refractivity contribution in [3.05, 3.63) is 64.2 Å². The average Bonchev–Trinajstić information content (AvgIpc) is 2.76. The van der Waals surface area contributed by atoms with Crippen molar-refractivity contribution in [2.45, 2.75) is 37.0 Å². The third-order valence-corrected chi connectivity index (χ3v) is 6.54. The van der Waals surface area contributed by atoms with Gasteiger partial charge in [-0.25, -0.2) is 8.42 Å². The summed E-state index contributed by atoms with van der Waals surface area (Å²) in [6.07, 6.45) is -4.82. The van der Waals surface area contributed by atoms with Crippen molar-refractivity contribution in [3.8, 4) is 0 Å². The third kappa shape index (κ3) is 3.88. The minimum Gasteiger partial charge on any atom is -0.300 e. The molecule has 27 heavy (non-hydrogen) atoms. The fourth-order valence-corrected chi connectivity index (χ4v) is 5.07. The van der Waals surface area contributed by atoms with Gasteiger partial charge in [-0.3, -0.25) is 4.79 Å². The van der Waals surface area contributed by atoms with Gasteiger partial charge in [-0.1, -0.05) is 23.7 Å². The van der Waals surface area contributed by atoms with Crippen LogP contribution in [0, 0.1) is 0 Å². The van der Waals surface area contributed by atoms with Gasteiger partial charge in [0.15, 0.2) is 0 Å². The second-order valence-electron chi connectivity index (χ2n) is 6.35. The first kappa shape index (κ1) is 19.9. The number of halogens is 4. The normalized spacial score (nSPS) is 19.1. The summed E-state index contributed by atoms with van der Waals surface area (Å²) in [4.78, 5) is 11.5. The Morgan fingerprint density at radius 2 is 1.78 bits per heavy atom. The van der Waals surface area contributed by atoms with Crippen LogP contribution in [0.5, 0.6) is 0 Å². The Hall–Kier alpha value is -1.90. The molecule has 0 bridgehead atoms. The summed E-state index contributed by atoms with van der Waals surface area (Å²) < 4.78 is 66.1. The summed E-state index contributed by atoms with van der Waals surface area (Å²) in [7, 11) is -4.03. The van der Waals surface area contributed by atoms with Crippen LogP contribution in [0.15, 0.2) is 47.4 Å². The average molecular weight is 418 g/mol. The van der Waals surface area contributed by atoms with Crippen LogP contribution in [0.2, 0.25) is 5.02 Å². The van der Waals surface area contributed by atoms with E-state index in [1.807, 2.05) is 0 Å². The maximum absolute atomic E-state index is 13.1. The van der Waals surface area contributed by atoms with Gasteiger partial charge in [0.2, 0.25) is 10.0 Å². The molecular weight excluding hydrogens is 403 g/mol. The molecule has 1 heterocycles. The molecule has 1 aliphatic rings. The van der Waals surface area contributed by atoms with Crippen molar-refractivity contribution in [2.24, 2.45) is 0 Å². The molecule has 0 N–H and O–H groups in total. The second kappa shape index (κ2) is 6.92. The number of fused-ring (bicyclic) bond motifs is 1. The van der Waals surface area contributed by atoms with Gasteiger partial charge in [-0.15, -0.1) is 0 Å². The predicted molar refractivity (Wildman–Crippen MR) is 93.7 cm³/mol. The fraction of sp³-hybridized carbons (Fsp3) is 0.278. The minimum atomic E-state index is -4.61. The highest BCUT2D eigenvalue weighted by Gasteiger charge is 2.44. The number of sulfonamides is 1. The Bertz CT molecular complexity index is 988. The molecule has 0 saturated carbocycles. The van der Waals surface area contributed by atoms with Crippen LogP contribution in [-0.4, -0.2) is 18.5 Å². The molecule has 0 unspecified atom stereocenters. The van der Waals surface area contributed by atoms with Crippen molar-refractivity contribution in [1.29, 1.82) is 0 Å². The van der Waals surface area contributed by atoms with Gasteiger partial charge < -0.3 is 0 Å². The lowest BCUT2D eigenvalue weighted by Crippen LogP contribution is -2.29. The summed E-state index contributed by atoms with van der Waals surface area (Å²) in [6, 6.07) is 7.99. The Balaban J connectivity index is 2.09. The molecule has 0 saturated heterocycles. The zero-order valence-electron chi connectivity index (χ0n) is 14.1. The van der Waals surface area contributed by atoms with Crippen LogP contribution in [0.4, 0.5) is 13.2 Å². The van der Waals surface area contributed by atoms with E-state index in [4.69, 9.17) is 11.6 Å². The molecule has 4 nitrogen and oxygen atoms in total. The molecule has 0 aliphatic carbocycles. The lowest BCUT2D eigenvalue weighted by Gasteiger charge is -2.23. The Morgan fingerprint density at radius 3 is 2.33 bits per heavy atom. The largest absolute Gasteiger partial charge is 0.416 e. The molecule has 9 heteroatoms. The molecule has 1 atom stereocenters. The summed E-state index contributed by atoms with van der Waals surface area (Å²) in [5.41, 5.74) is -0.340. The molecule has 3 rings (SSSR count). The fourth-order valence-electron chi connectivity index (χ4n) is 3.12. The number of carbonyl (C=O) groups is 1. The van der Waals surface area contributed by atoms with E-state index in [-0.39, 0.29) is 29.2 Å². The van der Waals surface area contributed by atoms with Gasteiger partial charge in [-0.05, 0) is 48.4 Å². The van der Waals surface area contributed by atoms with E-state index in [2.05, 4.69) is 0 Å². The van der Waals surface area contributed by atoms with E-state index in [0.29, 0.717) is 10.6 Å². The molecule has 144 valence electrons. The first-order valence-electron chi connectivity index (χ1n) is 7.97. The SMILES string of the molecule is CC(=O)C[C@H]1c2cc(C(F)(F)F)ccc2S(=O)(=O)N1Cc1ccc(Cl)cc1. The van der Waals surface area contributed by atoms with E-state index >= 15 is 0 Å². The van der Waals surface area contributed by atoms with E-state index < -0.39 is 27.8 Å². The molecule has 0 fully saturated rings. The number of rotatable bonds is 4. The highest BCUT2D eigenvalue weighted by Crippen LogP contribution is 2.44. The molecule has 0 aromatic heterocycles. The van der Waals surface area contributed by atoms with Gasteiger partial charge in [-0.2, -0.15) is 17.5 Å². The van der Waals surface area contributed by atoms with Crippen molar-refractivity contribution in [2.75, 3.05) is 0 Å². The van der Waals surface area contributed by atoms with Crippen LogP contribution in [-0.2, 0) is 27.5 Å². The number of nitrogens with zero attached hydrogens (tertiary/aromatic N) is 1. The smallest absolute Gasteiger partial charge is 0.300 e. The van der Waals surface area contributed by atoms with E-state index in [9.17, 15) is 26.4 Å². The second-order valence-corrected chi connectivity index (χ2v) is 8.64. The number of Topliss-reactive ketones (excluding diaryl/α,β-unsaturated/α-hetero) is 1. The summed E-state index contributed by atoms with van der Waals surface area (Å²) >= 11 is 5.83. The van der Waals surface area contributed by atoms with Crippen LogP contribution < -0.4 is 0 Å². The van der Waals surface area contributed by atoms with Gasteiger partial charge in [0.1, 0.15) is 5.78 Å². The maximum Gasteiger partial charge on any atom is 0.416 e. The lowest BCUT2D eigenvalue weighted by atomic mass is 9.99. The number of ketones is 1. The molecule has 2 aromatic rings. The topological polar surface area (TPSA) is 54.5 Å². The van der Waals surface area contributed by atoms with Crippen LogP contribution >= 0.6 is 11.6 Å². The minimum absolute atomic E-state index is 0.00557. The third-order valence-electron chi connectivity index (χ3n) is 4.36. The van der Waals surface area contributed by atoms with Crippen LogP contribution in [0.3, 0.4) is 0 Å². The highest BCUT2D eigenvalue weighted by molar-refractivity contribution is 7.89. The van der Waals surface area contributed by atoms with Gasteiger partial charge in [0.05, 0.1) is 16.5 Å². The predicted octanol–water partition coefficient (Wildman–Crippen LogP) is 4.58. The molecule has 0 spiro atoms. The number of carbonyl (C=O) groups excluding carboxylic acids is 1. The van der Waals surface area contributed by atoms with Crippen molar-refractivity contribution in [3.63, 3.8) is 0 Å². The van der Waals surface area contributed by atoms with E-state index in [1.165, 1.54) is 6.92 Å². The first-order chi connectivity index (χ1) is 12.5. The molecular formula is C18H15ClF3NO3S. The zero-order chi connectivity index (χ0) is 20.0. The van der Waals surface area contributed by atoms with Crippen molar-refractivity contribution in [1.82, 2.24) is 4.31 Å². The first-order valence-corrected chi connectivity index (χ1v) is 9.79. The Morgan fingerprint density at radius 1 is 1.15 bits per heavy atom. The van der Waals surface area contributed by atoms with Gasteiger partial charge in [0, 0.05) is 18.0 Å². The van der Waals surface area contributed by atoms with Crippen molar-refractivity contribution < 1.29 is 26.4 Å². The standard InChI is InChI=1S/C18H15ClF3NO3S/c1-11(24)8-16-15-9-13(18(20,21)22)4-7-17(15)27(25,26)23(16)10-12-2-5-14(19)6-3-12/h2-7,9,16H,8,10H2,1H3/t16-/m0/s1. The highest BCUT2D eigenvalue weighted by atomic mass is 35.5. The number of hydrogen-bond acceptors (Lipinski definition) is 3. The van der Waals surface area contributed by atoms with Gasteiger partial charge in [0.25, 0.3) is 0 Å². The molecule has 1 aliphatic heterocycles. The van der Waals surface area contributed by atoms with Crippen LogP contribution in [0.1, 0.15) is 36.1 Å². The van der Waals surface area contributed by atoms with Gasteiger partial charge >= 0.3 is 6.18 Å². The van der Waals surface area contributed by atoms with E-state index in [1.54, 1.807) is 24.3 Å². The van der Waals surface area contributed by atoms with Crippen LogP contribution in [0.25, 0.3) is 0 Å². The monoisotopic (exact) mass is 417 g/mol. The van der Waals surface area contributed by atoms with Crippen molar-refractivity contribution >= 4 is 27.4 Å². The Kier molecular flexibility index (Phi) is 5.09.